The molecule has 0 bridgehead atoms. The monoisotopic (exact) mass is 377 g/mol. The van der Waals surface area contributed by atoms with E-state index in [0.29, 0.717) is 42.5 Å². The van der Waals surface area contributed by atoms with Gasteiger partial charge in [0.05, 0.1) is 6.10 Å². The van der Waals surface area contributed by atoms with Gasteiger partial charge in [-0.2, -0.15) is 0 Å². The Hall–Kier alpha value is -2.05. The molecule has 1 aliphatic heterocycles. The molecule has 144 valence electrons. The number of nitrogens with zero attached hydrogens (tertiary/aromatic N) is 1. The first-order valence-electron chi connectivity index (χ1n) is 9.24. The number of benzene rings is 2. The molecule has 1 saturated carbocycles. The molecule has 2 aromatic rings. The fourth-order valence-corrected chi connectivity index (χ4v) is 4.39. The van der Waals surface area contributed by atoms with E-state index in [-0.39, 0.29) is 11.9 Å². The topological polar surface area (TPSA) is 32.7 Å². The number of hydrogen-bond acceptors (Lipinski definition) is 3. The minimum Gasteiger partial charge on any atom is -0.488 e. The lowest BCUT2D eigenvalue weighted by molar-refractivity contribution is -0.0231. The van der Waals surface area contributed by atoms with E-state index in [2.05, 4.69) is 4.90 Å². The predicted octanol–water partition coefficient (Wildman–Crippen LogP) is 3.75. The summed E-state index contributed by atoms with van der Waals surface area (Å²) in [5.74, 6) is -0.214. The summed E-state index contributed by atoms with van der Waals surface area (Å²) in [6, 6.07) is 9.40. The smallest absolute Gasteiger partial charge is 0.126 e. The van der Waals surface area contributed by atoms with Gasteiger partial charge < -0.3 is 9.84 Å². The molecule has 2 aliphatic rings. The van der Waals surface area contributed by atoms with Crippen molar-refractivity contribution in [2.45, 2.75) is 31.6 Å². The van der Waals surface area contributed by atoms with Crippen LogP contribution in [-0.4, -0.2) is 35.3 Å². The van der Waals surface area contributed by atoms with Crippen molar-refractivity contribution >= 4 is 0 Å². The highest BCUT2D eigenvalue weighted by molar-refractivity contribution is 5.23. The van der Waals surface area contributed by atoms with E-state index >= 15 is 0 Å². The van der Waals surface area contributed by atoms with Crippen LogP contribution in [0.5, 0.6) is 5.75 Å². The molecule has 27 heavy (non-hydrogen) atoms. The third kappa shape index (κ3) is 4.28. The Morgan fingerprint density at radius 1 is 0.889 bits per heavy atom. The van der Waals surface area contributed by atoms with Crippen LogP contribution in [0, 0.1) is 29.3 Å². The first-order chi connectivity index (χ1) is 13.0. The predicted molar refractivity (Wildman–Crippen MR) is 94.7 cm³/mol. The quantitative estimate of drug-likeness (QED) is 0.881. The second kappa shape index (κ2) is 7.52. The van der Waals surface area contributed by atoms with Crippen LogP contribution in [-0.2, 0) is 6.54 Å². The minimum absolute atomic E-state index is 0.327. The minimum atomic E-state index is -0.581. The molecule has 0 amide bonds. The van der Waals surface area contributed by atoms with Crippen LogP contribution >= 0.6 is 0 Å². The Morgan fingerprint density at radius 2 is 1.52 bits per heavy atom. The number of likely N-dealkylation sites (tertiary alicyclic amines) is 1. The highest BCUT2D eigenvalue weighted by Gasteiger charge is 2.42. The maximum Gasteiger partial charge on any atom is 0.126 e. The first kappa shape index (κ1) is 18.3. The molecule has 3 nitrogen and oxygen atoms in total. The zero-order valence-electron chi connectivity index (χ0n) is 14.8. The van der Waals surface area contributed by atoms with Crippen molar-refractivity contribution in [3.8, 4) is 5.75 Å². The molecule has 1 aliphatic carbocycles. The van der Waals surface area contributed by atoms with Gasteiger partial charge in [0.25, 0.3) is 0 Å². The molecule has 1 saturated heterocycles. The standard InChI is InChI=1S/C21H22F3NO2/c22-16-1-3-19(4-2-16)27-21-8-15-12-25(11-14(15)7-20(21)26)10-13-5-17(23)9-18(24)6-13/h1-6,9,14-15,20-21,26H,7-8,10-12H2/t14-,15+,20+,21+/m0/s1. The molecule has 2 fully saturated rings. The summed E-state index contributed by atoms with van der Waals surface area (Å²) in [6.45, 7) is 2.09. The normalized spacial score (nSPS) is 28.1. The molecule has 4 rings (SSSR count). The van der Waals surface area contributed by atoms with Crippen LogP contribution in [0.2, 0.25) is 0 Å². The van der Waals surface area contributed by atoms with Crippen molar-refractivity contribution < 1.29 is 23.0 Å². The Kier molecular flexibility index (Phi) is 5.10. The van der Waals surface area contributed by atoms with E-state index < -0.39 is 17.7 Å². The zero-order chi connectivity index (χ0) is 19.0. The van der Waals surface area contributed by atoms with Crippen molar-refractivity contribution in [2.75, 3.05) is 13.1 Å². The van der Waals surface area contributed by atoms with Crippen molar-refractivity contribution in [1.29, 1.82) is 0 Å². The van der Waals surface area contributed by atoms with Gasteiger partial charge in [-0.1, -0.05) is 0 Å². The van der Waals surface area contributed by atoms with Gasteiger partial charge in [-0.3, -0.25) is 4.90 Å². The summed E-state index contributed by atoms with van der Waals surface area (Å²) in [7, 11) is 0. The zero-order valence-corrected chi connectivity index (χ0v) is 14.8. The number of rotatable bonds is 4. The molecular weight excluding hydrogens is 355 g/mol. The second-order valence-electron chi connectivity index (χ2n) is 7.64. The average molecular weight is 377 g/mol. The van der Waals surface area contributed by atoms with E-state index in [0.717, 1.165) is 19.2 Å². The Bertz CT molecular complexity index is 778. The third-order valence-corrected chi connectivity index (χ3v) is 5.59. The fraction of sp³-hybridized carbons (Fsp3) is 0.429. The molecule has 4 atom stereocenters. The average Bonchev–Trinajstić information content (AvgIpc) is 2.97. The van der Waals surface area contributed by atoms with E-state index in [1.165, 1.54) is 24.3 Å². The van der Waals surface area contributed by atoms with E-state index in [9.17, 15) is 18.3 Å². The van der Waals surface area contributed by atoms with Gasteiger partial charge in [-0.15, -0.1) is 0 Å². The van der Waals surface area contributed by atoms with Gasteiger partial charge in [0.15, 0.2) is 0 Å². The largest absolute Gasteiger partial charge is 0.488 e. The SMILES string of the molecule is O[C@@H]1C[C@H]2CN(Cc3cc(F)cc(F)c3)C[C@H]2C[C@H]1Oc1ccc(F)cc1. The summed E-state index contributed by atoms with van der Waals surface area (Å²) in [5, 5.41) is 10.5. The van der Waals surface area contributed by atoms with Crippen LogP contribution in [0.3, 0.4) is 0 Å². The summed E-state index contributed by atoms with van der Waals surface area (Å²) < 4.78 is 45.7. The van der Waals surface area contributed by atoms with Crippen molar-refractivity contribution in [3.05, 3.63) is 65.5 Å². The molecule has 1 N–H and O–H groups in total. The summed E-state index contributed by atoms with van der Waals surface area (Å²) >= 11 is 0. The number of aliphatic hydroxyl groups is 1. The molecular formula is C21H22F3NO2. The van der Waals surface area contributed by atoms with E-state index in [1.807, 2.05) is 0 Å². The Morgan fingerprint density at radius 3 is 2.19 bits per heavy atom. The number of ether oxygens (including phenoxy) is 1. The molecule has 0 spiro atoms. The van der Waals surface area contributed by atoms with Gasteiger partial charge in [-0.25, -0.2) is 13.2 Å². The number of fused-ring (bicyclic) bond motifs is 1. The maximum absolute atomic E-state index is 13.4. The van der Waals surface area contributed by atoms with Crippen molar-refractivity contribution in [2.24, 2.45) is 11.8 Å². The lowest BCUT2D eigenvalue weighted by atomic mass is 9.78. The molecule has 2 aromatic carbocycles. The molecule has 1 heterocycles. The molecule has 6 heteroatoms. The van der Waals surface area contributed by atoms with Crippen LogP contribution < -0.4 is 4.74 Å². The number of aliphatic hydroxyl groups excluding tert-OH is 1. The summed E-state index contributed by atoms with van der Waals surface area (Å²) in [4.78, 5) is 2.18. The van der Waals surface area contributed by atoms with Crippen molar-refractivity contribution in [1.82, 2.24) is 4.90 Å². The summed E-state index contributed by atoms with van der Waals surface area (Å²) in [5.41, 5.74) is 0.616. The highest BCUT2D eigenvalue weighted by atomic mass is 19.1. The lowest BCUT2D eigenvalue weighted by Gasteiger charge is -2.35. The fourth-order valence-electron chi connectivity index (χ4n) is 4.39. The maximum atomic E-state index is 13.4. The highest BCUT2D eigenvalue weighted by Crippen LogP contribution is 2.38. The van der Waals surface area contributed by atoms with E-state index in [4.69, 9.17) is 4.74 Å². The van der Waals surface area contributed by atoms with E-state index in [1.54, 1.807) is 12.1 Å². The Balaban J connectivity index is 1.38. The molecule has 0 unspecified atom stereocenters. The first-order valence-corrected chi connectivity index (χ1v) is 9.24. The van der Waals surface area contributed by atoms with Crippen LogP contribution in [0.15, 0.2) is 42.5 Å². The third-order valence-electron chi connectivity index (χ3n) is 5.59. The van der Waals surface area contributed by atoms with Gasteiger partial charge in [0.2, 0.25) is 0 Å². The Labute approximate surface area is 156 Å². The summed E-state index contributed by atoms with van der Waals surface area (Å²) in [6.07, 6.45) is 0.424. The van der Waals surface area contributed by atoms with Gasteiger partial charge in [0.1, 0.15) is 29.3 Å². The number of halogens is 3. The molecule has 0 radical (unpaired) electrons. The van der Waals surface area contributed by atoms with Gasteiger partial charge in [0, 0.05) is 25.7 Å². The second-order valence-corrected chi connectivity index (χ2v) is 7.64. The molecule has 0 aromatic heterocycles. The van der Waals surface area contributed by atoms with Crippen LogP contribution in [0.1, 0.15) is 18.4 Å². The number of hydrogen-bond donors (Lipinski definition) is 1. The van der Waals surface area contributed by atoms with Crippen LogP contribution in [0.4, 0.5) is 13.2 Å². The van der Waals surface area contributed by atoms with Gasteiger partial charge >= 0.3 is 0 Å². The lowest BCUT2D eigenvalue weighted by Crippen LogP contribution is -2.42. The van der Waals surface area contributed by atoms with Gasteiger partial charge in [-0.05, 0) is 66.6 Å². The van der Waals surface area contributed by atoms with Crippen LogP contribution in [0.25, 0.3) is 0 Å². The van der Waals surface area contributed by atoms with Crippen molar-refractivity contribution in [3.63, 3.8) is 0 Å².